The van der Waals surface area contributed by atoms with Crippen molar-refractivity contribution in [3.63, 3.8) is 0 Å². The Balaban J connectivity index is 2.23. The van der Waals surface area contributed by atoms with Crippen LogP contribution in [0.25, 0.3) is 0 Å². The van der Waals surface area contributed by atoms with Gasteiger partial charge in [0.15, 0.2) is 10.7 Å². The molecule has 0 aromatic heterocycles. The number of rotatable bonds is 1. The van der Waals surface area contributed by atoms with Gasteiger partial charge in [-0.25, -0.2) is 0 Å². The first-order valence-electron chi connectivity index (χ1n) is 5.49. The van der Waals surface area contributed by atoms with Crippen LogP contribution >= 0.6 is 24.4 Å². The fourth-order valence-electron chi connectivity index (χ4n) is 2.09. The minimum Gasteiger partial charge on any atom is -0.428 e. The number of hydrogen-bond donors (Lipinski definition) is 0. The molecule has 1 aliphatic carbocycles. The van der Waals surface area contributed by atoms with Crippen LogP contribution in [0.2, 0.25) is 0 Å². The predicted molar refractivity (Wildman–Crippen MR) is 68.8 cm³/mol. The van der Waals surface area contributed by atoms with E-state index in [1.165, 1.54) is 24.8 Å². The van der Waals surface area contributed by atoms with Crippen LogP contribution in [0, 0.1) is 0 Å². The Morgan fingerprint density at radius 2 is 1.87 bits per heavy atom. The Bertz CT molecular complexity index is 327. The van der Waals surface area contributed by atoms with Crippen molar-refractivity contribution in [3.8, 4) is 0 Å². The first-order chi connectivity index (χ1) is 7.24. The molecule has 2 rings (SSSR count). The average molecular weight is 241 g/mol. The molecular formula is C11H15NOS2. The number of ether oxygens (including phenoxy) is 1. The molecule has 0 spiro atoms. The fourth-order valence-corrected chi connectivity index (χ4v) is 2.85. The van der Waals surface area contributed by atoms with E-state index in [2.05, 4.69) is 0 Å². The molecule has 2 aliphatic rings. The Hall–Kier alpha value is -0.480. The zero-order valence-electron chi connectivity index (χ0n) is 8.91. The van der Waals surface area contributed by atoms with Crippen LogP contribution in [0.5, 0.6) is 0 Å². The summed E-state index contributed by atoms with van der Waals surface area (Å²) in [6.45, 7) is 2.84. The summed E-state index contributed by atoms with van der Waals surface area (Å²) in [5, 5.41) is 0.524. The molecule has 2 fully saturated rings. The largest absolute Gasteiger partial charge is 0.428 e. The van der Waals surface area contributed by atoms with E-state index < -0.39 is 0 Å². The maximum absolute atomic E-state index is 5.61. The van der Waals surface area contributed by atoms with Gasteiger partial charge in [0.1, 0.15) is 0 Å². The molecule has 2 nitrogen and oxygen atoms in total. The highest BCUT2D eigenvalue weighted by atomic mass is 32.1. The zero-order valence-corrected chi connectivity index (χ0v) is 10.5. The molecule has 0 amide bonds. The lowest BCUT2D eigenvalue weighted by atomic mass is 9.94. The number of nitrogens with zero attached hydrogens (tertiary/aromatic N) is 1. The highest BCUT2D eigenvalue weighted by Crippen LogP contribution is 2.30. The van der Waals surface area contributed by atoms with Gasteiger partial charge >= 0.3 is 0 Å². The molecule has 0 radical (unpaired) electrons. The van der Waals surface area contributed by atoms with Gasteiger partial charge in [0.2, 0.25) is 0 Å². The Labute approximate surface area is 101 Å². The van der Waals surface area contributed by atoms with Gasteiger partial charge in [0.05, 0.1) is 0 Å². The molecule has 0 aromatic carbocycles. The van der Waals surface area contributed by atoms with Crippen LogP contribution in [0.3, 0.4) is 0 Å². The number of likely N-dealkylation sites (N-methyl/N-ethyl adjacent to an activating group) is 1. The van der Waals surface area contributed by atoms with Crippen molar-refractivity contribution < 1.29 is 4.74 Å². The van der Waals surface area contributed by atoms with Gasteiger partial charge in [-0.15, -0.1) is 0 Å². The van der Waals surface area contributed by atoms with E-state index in [-0.39, 0.29) is 0 Å². The van der Waals surface area contributed by atoms with E-state index in [0.717, 1.165) is 30.1 Å². The first-order valence-corrected chi connectivity index (χ1v) is 6.31. The van der Waals surface area contributed by atoms with Crippen LogP contribution in [-0.2, 0) is 4.74 Å². The van der Waals surface area contributed by atoms with E-state index in [4.69, 9.17) is 29.2 Å². The Morgan fingerprint density at radius 3 is 2.40 bits per heavy atom. The van der Waals surface area contributed by atoms with Crippen molar-refractivity contribution in [1.29, 1.82) is 0 Å². The average Bonchev–Trinajstić information content (AvgIpc) is 2.55. The molecule has 82 valence electrons. The lowest BCUT2D eigenvalue weighted by Gasteiger charge is -2.15. The van der Waals surface area contributed by atoms with Crippen molar-refractivity contribution in [2.75, 3.05) is 6.54 Å². The first kappa shape index (κ1) is 11.0. The zero-order chi connectivity index (χ0) is 10.8. The second-order valence-corrected chi connectivity index (χ2v) is 4.65. The molecule has 4 heteroatoms. The van der Waals surface area contributed by atoms with Crippen molar-refractivity contribution in [3.05, 3.63) is 11.3 Å². The maximum Gasteiger partial charge on any atom is 0.270 e. The highest BCUT2D eigenvalue weighted by molar-refractivity contribution is 7.82. The third-order valence-electron chi connectivity index (χ3n) is 2.94. The number of thiocarbonyl (C=S) groups is 2. The van der Waals surface area contributed by atoms with Gasteiger partial charge < -0.3 is 4.74 Å². The molecule has 0 unspecified atom stereocenters. The van der Waals surface area contributed by atoms with Gasteiger partial charge in [-0.3, -0.25) is 4.90 Å². The quantitative estimate of drug-likeness (QED) is 0.516. The molecule has 1 heterocycles. The Kier molecular flexibility index (Phi) is 3.36. The standard InChI is InChI=1S/C11H15NOS2/c1-2-12-10(14)9(13-11(12)15)8-6-4-3-5-7-8/h2-7H2,1H3. The minimum atomic E-state index is 0.524. The SMILES string of the molecule is CCN1C(=S)OC(=C2CCCCC2)C1=S. The molecular weight excluding hydrogens is 226 g/mol. The minimum absolute atomic E-state index is 0.524. The molecule has 0 bridgehead atoms. The summed E-state index contributed by atoms with van der Waals surface area (Å²) in [6.07, 6.45) is 6.07. The second kappa shape index (κ2) is 4.58. The topological polar surface area (TPSA) is 12.5 Å². The summed E-state index contributed by atoms with van der Waals surface area (Å²) in [7, 11) is 0. The molecule has 1 aliphatic heterocycles. The summed E-state index contributed by atoms with van der Waals surface area (Å²) < 4.78 is 5.61. The molecule has 0 N–H and O–H groups in total. The molecule has 0 atom stereocenters. The predicted octanol–water partition coefficient (Wildman–Crippen LogP) is 3.17. The number of hydrogen-bond acceptors (Lipinski definition) is 3. The third-order valence-corrected chi connectivity index (χ3v) is 3.65. The van der Waals surface area contributed by atoms with Gasteiger partial charge in [-0.1, -0.05) is 18.6 Å². The Morgan fingerprint density at radius 1 is 1.20 bits per heavy atom. The lowest BCUT2D eigenvalue weighted by molar-refractivity contribution is 0.423. The molecule has 15 heavy (non-hydrogen) atoms. The normalized spacial score (nSPS) is 22.3. The van der Waals surface area contributed by atoms with Crippen LogP contribution in [0.15, 0.2) is 11.3 Å². The fraction of sp³-hybridized carbons (Fsp3) is 0.636. The third kappa shape index (κ3) is 2.06. The van der Waals surface area contributed by atoms with Crippen molar-refractivity contribution in [2.45, 2.75) is 39.0 Å². The van der Waals surface area contributed by atoms with Crippen molar-refractivity contribution in [2.24, 2.45) is 0 Å². The second-order valence-electron chi connectivity index (χ2n) is 3.91. The summed E-state index contributed by atoms with van der Waals surface area (Å²) in [5.41, 5.74) is 1.37. The van der Waals surface area contributed by atoms with Gasteiger partial charge in [-0.2, -0.15) is 0 Å². The molecule has 0 aromatic rings. The number of allylic oxidation sites excluding steroid dienone is 1. The van der Waals surface area contributed by atoms with Gasteiger partial charge in [0.25, 0.3) is 5.17 Å². The van der Waals surface area contributed by atoms with Gasteiger partial charge in [0, 0.05) is 6.54 Å². The van der Waals surface area contributed by atoms with Crippen LogP contribution in [0.1, 0.15) is 39.0 Å². The van der Waals surface area contributed by atoms with E-state index in [0.29, 0.717) is 5.17 Å². The highest BCUT2D eigenvalue weighted by Gasteiger charge is 2.31. The van der Waals surface area contributed by atoms with Crippen LogP contribution in [-0.4, -0.2) is 21.6 Å². The van der Waals surface area contributed by atoms with Crippen molar-refractivity contribution >= 4 is 34.6 Å². The van der Waals surface area contributed by atoms with Gasteiger partial charge in [-0.05, 0) is 50.4 Å². The monoisotopic (exact) mass is 241 g/mol. The van der Waals surface area contributed by atoms with E-state index in [1.807, 2.05) is 11.8 Å². The van der Waals surface area contributed by atoms with E-state index >= 15 is 0 Å². The summed E-state index contributed by atoms with van der Waals surface area (Å²) >= 11 is 10.5. The molecule has 1 saturated heterocycles. The van der Waals surface area contributed by atoms with E-state index in [1.54, 1.807) is 0 Å². The summed E-state index contributed by atoms with van der Waals surface area (Å²) in [5.74, 6) is 0.886. The van der Waals surface area contributed by atoms with Crippen LogP contribution in [0.4, 0.5) is 0 Å². The van der Waals surface area contributed by atoms with Crippen molar-refractivity contribution in [1.82, 2.24) is 4.90 Å². The summed E-state index contributed by atoms with van der Waals surface area (Å²) in [4.78, 5) is 2.68. The maximum atomic E-state index is 5.61. The van der Waals surface area contributed by atoms with Crippen LogP contribution < -0.4 is 0 Å². The summed E-state index contributed by atoms with van der Waals surface area (Å²) in [6, 6.07) is 0. The van der Waals surface area contributed by atoms with E-state index in [9.17, 15) is 0 Å². The smallest absolute Gasteiger partial charge is 0.270 e. The lowest BCUT2D eigenvalue weighted by Crippen LogP contribution is -2.26. The molecule has 1 saturated carbocycles.